The predicted octanol–water partition coefficient (Wildman–Crippen LogP) is 4.83. The minimum atomic E-state index is -4.80. The summed E-state index contributed by atoms with van der Waals surface area (Å²) in [5.41, 5.74) is 6.48. The lowest BCUT2D eigenvalue weighted by atomic mass is 9.83. The summed E-state index contributed by atoms with van der Waals surface area (Å²) < 4.78 is 42.4. The first-order valence-electron chi connectivity index (χ1n) is 12.3. The number of amides is 2. The maximum Gasteiger partial charge on any atom is 0.573 e. The van der Waals surface area contributed by atoms with E-state index >= 15 is 0 Å². The van der Waals surface area contributed by atoms with Crippen LogP contribution in [0.4, 0.5) is 13.2 Å². The molecule has 2 saturated heterocycles. The molecular formula is C27H31BrF3N3O3. The first-order valence-corrected chi connectivity index (χ1v) is 13.1. The van der Waals surface area contributed by atoms with Crippen LogP contribution < -0.4 is 15.8 Å². The fraction of sp³-hybridized carbons (Fsp3) is 0.481. The van der Waals surface area contributed by atoms with Crippen LogP contribution in [0, 0.1) is 0 Å². The highest BCUT2D eigenvalue weighted by atomic mass is 79.9. The number of ether oxygens (including phenoxy) is 1. The van der Waals surface area contributed by atoms with Crippen molar-refractivity contribution < 1.29 is 27.5 Å². The summed E-state index contributed by atoms with van der Waals surface area (Å²) in [6.07, 6.45) is -1.18. The highest BCUT2D eigenvalue weighted by molar-refractivity contribution is 9.10. The van der Waals surface area contributed by atoms with Gasteiger partial charge in [-0.3, -0.25) is 9.59 Å². The summed E-state index contributed by atoms with van der Waals surface area (Å²) in [7, 11) is 0. The number of hydrogen-bond donors (Lipinski definition) is 2. The number of carbonyl (C=O) groups excluding carboxylic acids is 2. The standard InChI is InChI=1S/C27H31BrF3N3O3/c1-26(2,17-5-11-22(12-6-17)37-27(29,30)31)25(36)33-23(13-16-3-7-18(28)8-4-16)24(35)34-20-9-10-21(34)15-19(32)14-20/h3-8,11-12,19-21,23H,9-10,13-15,32H2,1-2H3,(H,33,36)/t19?,20?,21?,23-/m0/s1. The van der Waals surface area contributed by atoms with Gasteiger partial charge < -0.3 is 20.7 Å². The SMILES string of the molecule is CC(C)(C(=O)N[C@@H](Cc1ccc(Br)cc1)C(=O)N1C2CCC1CC(N)C2)c1ccc(OC(F)(F)F)cc1. The van der Waals surface area contributed by atoms with Crippen molar-refractivity contribution in [1.29, 1.82) is 0 Å². The molecule has 4 rings (SSSR count). The average molecular weight is 582 g/mol. The number of fused-ring (bicyclic) bond motifs is 2. The first-order chi connectivity index (χ1) is 17.3. The smallest absolute Gasteiger partial charge is 0.406 e. The molecule has 0 saturated carbocycles. The second-order valence-electron chi connectivity index (χ2n) is 10.4. The van der Waals surface area contributed by atoms with Crippen LogP contribution in [0.5, 0.6) is 5.75 Å². The fourth-order valence-electron chi connectivity index (χ4n) is 5.36. The zero-order chi connectivity index (χ0) is 27.0. The Bertz CT molecular complexity index is 1110. The van der Waals surface area contributed by atoms with Crippen molar-refractivity contribution in [2.75, 3.05) is 0 Å². The normalized spacial score (nSPS) is 22.5. The molecule has 6 nitrogen and oxygen atoms in total. The van der Waals surface area contributed by atoms with Crippen molar-refractivity contribution in [2.45, 2.75) is 81.9 Å². The number of carbonyl (C=O) groups is 2. The van der Waals surface area contributed by atoms with E-state index in [1.807, 2.05) is 29.2 Å². The van der Waals surface area contributed by atoms with Crippen LogP contribution in [0.1, 0.15) is 50.7 Å². The quantitative estimate of drug-likeness (QED) is 0.490. The molecular weight excluding hydrogens is 551 g/mol. The molecule has 0 aromatic heterocycles. The number of halogens is 4. The van der Waals surface area contributed by atoms with Crippen molar-refractivity contribution in [3.8, 4) is 5.75 Å². The van der Waals surface area contributed by atoms with E-state index in [0.29, 0.717) is 12.0 Å². The van der Waals surface area contributed by atoms with E-state index in [1.54, 1.807) is 13.8 Å². The summed E-state index contributed by atoms with van der Waals surface area (Å²) in [6.45, 7) is 3.35. The zero-order valence-corrected chi connectivity index (χ0v) is 22.3. The Morgan fingerprint density at radius 3 is 2.16 bits per heavy atom. The topological polar surface area (TPSA) is 84.7 Å². The van der Waals surface area contributed by atoms with Gasteiger partial charge in [0.1, 0.15) is 11.8 Å². The molecule has 3 atom stereocenters. The van der Waals surface area contributed by atoms with Crippen LogP contribution in [-0.2, 0) is 21.4 Å². The largest absolute Gasteiger partial charge is 0.573 e. The van der Waals surface area contributed by atoms with Gasteiger partial charge in [-0.1, -0.05) is 40.2 Å². The van der Waals surface area contributed by atoms with Crippen molar-refractivity contribution in [2.24, 2.45) is 5.73 Å². The van der Waals surface area contributed by atoms with E-state index in [0.717, 1.165) is 35.7 Å². The number of hydrogen-bond acceptors (Lipinski definition) is 4. The first kappa shape index (κ1) is 27.4. The Kier molecular flexibility index (Phi) is 7.90. The van der Waals surface area contributed by atoms with Crippen molar-refractivity contribution in [3.05, 3.63) is 64.1 Å². The summed E-state index contributed by atoms with van der Waals surface area (Å²) in [6, 6.07) is 12.2. The molecule has 2 aromatic carbocycles. The number of alkyl halides is 3. The lowest BCUT2D eigenvalue weighted by Crippen LogP contribution is -2.58. The van der Waals surface area contributed by atoms with E-state index in [4.69, 9.17) is 5.73 Å². The Labute approximate surface area is 222 Å². The lowest BCUT2D eigenvalue weighted by molar-refractivity contribution is -0.274. The van der Waals surface area contributed by atoms with Crippen LogP contribution in [0.2, 0.25) is 0 Å². The third-order valence-corrected chi connectivity index (χ3v) is 7.89. The van der Waals surface area contributed by atoms with Gasteiger partial charge in [-0.2, -0.15) is 0 Å². The van der Waals surface area contributed by atoms with E-state index in [1.165, 1.54) is 24.3 Å². The lowest BCUT2D eigenvalue weighted by Gasteiger charge is -2.40. The number of nitrogens with two attached hydrogens (primary N) is 1. The minimum absolute atomic E-state index is 0.0692. The molecule has 2 unspecified atom stereocenters. The number of nitrogens with zero attached hydrogens (tertiary/aromatic N) is 1. The zero-order valence-electron chi connectivity index (χ0n) is 20.7. The van der Waals surface area contributed by atoms with Gasteiger partial charge in [0.05, 0.1) is 5.41 Å². The Morgan fingerprint density at radius 1 is 1.05 bits per heavy atom. The summed E-state index contributed by atoms with van der Waals surface area (Å²) in [4.78, 5) is 29.3. The predicted molar refractivity (Wildman–Crippen MR) is 137 cm³/mol. The second-order valence-corrected chi connectivity index (χ2v) is 11.3. The third kappa shape index (κ3) is 6.46. The molecule has 0 aliphatic carbocycles. The van der Waals surface area contributed by atoms with Crippen LogP contribution in [0.3, 0.4) is 0 Å². The third-order valence-electron chi connectivity index (χ3n) is 7.36. The molecule has 2 heterocycles. The highest BCUT2D eigenvalue weighted by Crippen LogP contribution is 2.36. The van der Waals surface area contributed by atoms with Crippen molar-refractivity contribution in [1.82, 2.24) is 10.2 Å². The van der Waals surface area contributed by atoms with Crippen molar-refractivity contribution in [3.63, 3.8) is 0 Å². The van der Waals surface area contributed by atoms with Gasteiger partial charge in [0.25, 0.3) is 0 Å². The van der Waals surface area contributed by atoms with Gasteiger partial charge in [0.2, 0.25) is 11.8 Å². The van der Waals surface area contributed by atoms with Gasteiger partial charge in [-0.25, -0.2) is 0 Å². The number of benzene rings is 2. The van der Waals surface area contributed by atoms with Gasteiger partial charge in [-0.05, 0) is 74.9 Å². The monoisotopic (exact) mass is 581 g/mol. The van der Waals surface area contributed by atoms with Gasteiger partial charge >= 0.3 is 6.36 Å². The Hall–Kier alpha value is -2.59. The molecule has 10 heteroatoms. The maximum atomic E-state index is 13.9. The second kappa shape index (κ2) is 10.6. The van der Waals surface area contributed by atoms with E-state index in [2.05, 4.69) is 26.0 Å². The molecule has 2 aliphatic rings. The molecule has 0 radical (unpaired) electrons. The maximum absolute atomic E-state index is 13.9. The van der Waals surface area contributed by atoms with Crippen LogP contribution >= 0.6 is 15.9 Å². The molecule has 200 valence electrons. The number of nitrogens with one attached hydrogen (secondary N) is 1. The van der Waals surface area contributed by atoms with Gasteiger partial charge in [-0.15, -0.1) is 13.2 Å². The molecule has 37 heavy (non-hydrogen) atoms. The molecule has 3 N–H and O–H groups in total. The summed E-state index contributed by atoms with van der Waals surface area (Å²) in [5.74, 6) is -0.886. The number of rotatable bonds is 7. The molecule has 2 amide bonds. The summed E-state index contributed by atoms with van der Waals surface area (Å²) in [5, 5.41) is 2.96. The van der Waals surface area contributed by atoms with E-state index in [-0.39, 0.29) is 29.8 Å². The molecule has 0 spiro atoms. The van der Waals surface area contributed by atoms with Gasteiger partial charge in [0.15, 0.2) is 0 Å². The van der Waals surface area contributed by atoms with E-state index < -0.39 is 23.7 Å². The van der Waals surface area contributed by atoms with Crippen molar-refractivity contribution >= 4 is 27.7 Å². The Morgan fingerprint density at radius 2 is 1.62 bits per heavy atom. The summed E-state index contributed by atoms with van der Waals surface area (Å²) >= 11 is 3.42. The minimum Gasteiger partial charge on any atom is -0.406 e. The number of piperidine rings is 1. The highest BCUT2D eigenvalue weighted by Gasteiger charge is 2.45. The van der Waals surface area contributed by atoms with Crippen LogP contribution in [0.15, 0.2) is 53.0 Å². The van der Waals surface area contributed by atoms with E-state index in [9.17, 15) is 22.8 Å². The average Bonchev–Trinajstić information content (AvgIpc) is 3.09. The fourth-order valence-corrected chi connectivity index (χ4v) is 5.62. The van der Waals surface area contributed by atoms with Gasteiger partial charge in [0, 0.05) is 29.0 Å². The molecule has 2 aliphatic heterocycles. The molecule has 2 aromatic rings. The Balaban J connectivity index is 1.55. The van der Waals surface area contributed by atoms with Crippen LogP contribution in [-0.4, -0.2) is 47.2 Å². The molecule has 2 fully saturated rings. The molecule has 2 bridgehead atoms. The van der Waals surface area contributed by atoms with Crippen LogP contribution in [0.25, 0.3) is 0 Å².